The van der Waals surface area contributed by atoms with Gasteiger partial charge in [-0.1, -0.05) is 32.0 Å². The van der Waals surface area contributed by atoms with Crippen LogP contribution in [0.25, 0.3) is 22.6 Å². The molecule has 5 rings (SSSR count). The molecule has 8 nitrogen and oxygen atoms in total. The minimum absolute atomic E-state index is 0.0247. The van der Waals surface area contributed by atoms with E-state index in [1.54, 1.807) is 24.4 Å². The zero-order valence-electron chi connectivity index (χ0n) is 21.3. The molecule has 9 heteroatoms. The van der Waals surface area contributed by atoms with Gasteiger partial charge in [0.1, 0.15) is 23.4 Å². The number of para-hydroxylation sites is 1. The van der Waals surface area contributed by atoms with E-state index in [0.717, 1.165) is 22.8 Å². The van der Waals surface area contributed by atoms with E-state index in [2.05, 4.69) is 28.7 Å². The number of esters is 1. The highest BCUT2D eigenvalue weighted by Crippen LogP contribution is 2.35. The Morgan fingerprint density at radius 2 is 1.87 bits per heavy atom. The molecule has 0 unspecified atom stereocenters. The number of hydrogen-bond donors (Lipinski definition) is 2. The van der Waals surface area contributed by atoms with E-state index in [0.29, 0.717) is 36.7 Å². The first-order valence-electron chi connectivity index (χ1n) is 12.8. The van der Waals surface area contributed by atoms with Crippen molar-refractivity contribution in [1.82, 2.24) is 19.5 Å². The number of nitrogens with zero attached hydrogens (tertiary/aromatic N) is 4. The van der Waals surface area contributed by atoms with Crippen molar-refractivity contribution in [2.75, 3.05) is 5.32 Å². The number of anilines is 2. The highest BCUT2D eigenvalue weighted by Gasteiger charge is 2.29. The van der Waals surface area contributed by atoms with Crippen LogP contribution in [0.15, 0.2) is 66.9 Å². The molecular weight excluding hydrogens is 485 g/mol. The van der Waals surface area contributed by atoms with Crippen molar-refractivity contribution in [1.29, 1.82) is 0 Å². The molecule has 3 heterocycles. The summed E-state index contributed by atoms with van der Waals surface area (Å²) in [7, 11) is 0. The first-order chi connectivity index (χ1) is 18.4. The van der Waals surface area contributed by atoms with Crippen molar-refractivity contribution < 1.29 is 19.0 Å². The molecule has 0 saturated carbocycles. The smallest absolute Gasteiger partial charge is 0.308 e. The lowest BCUT2D eigenvalue weighted by molar-refractivity contribution is -0.160. The number of imidazole rings is 1. The molecule has 1 aliphatic heterocycles. The number of ether oxygens (including phenoxy) is 1. The van der Waals surface area contributed by atoms with Gasteiger partial charge in [0.05, 0.1) is 23.9 Å². The molecule has 0 spiro atoms. The molecule has 2 aromatic carbocycles. The minimum Gasteiger partial charge on any atom is -0.462 e. The van der Waals surface area contributed by atoms with E-state index >= 15 is 0 Å². The number of aliphatic hydroxyl groups excluding tert-OH is 1. The van der Waals surface area contributed by atoms with E-state index in [1.165, 1.54) is 12.1 Å². The Kier molecular flexibility index (Phi) is 7.46. The van der Waals surface area contributed by atoms with Crippen molar-refractivity contribution >= 4 is 17.6 Å². The second-order valence-corrected chi connectivity index (χ2v) is 9.73. The Morgan fingerprint density at radius 3 is 2.58 bits per heavy atom. The largest absolute Gasteiger partial charge is 0.462 e. The molecule has 0 amide bonds. The Balaban J connectivity index is 1.56. The number of halogens is 1. The average Bonchev–Trinajstić information content (AvgIpc) is 3.28. The number of cyclic esters (lactones) is 1. The predicted octanol–water partition coefficient (Wildman–Crippen LogP) is 5.47. The van der Waals surface area contributed by atoms with Crippen molar-refractivity contribution in [2.45, 2.75) is 57.8 Å². The standard InChI is InChI=1S/C29H30FN5O3/c1-18(2)28-34-26(24-12-14-31-29(33-24)32-21-6-4-3-5-7-21)27(19-8-10-20(30)11-9-19)35(28)15-13-23-16-22(36)17-25(37)38-23/h3-12,14,18,22-23,36H,13,15-17H2,1-2H3,(H,31,32,33)/t22-,23+/m1/s1. The fourth-order valence-corrected chi connectivity index (χ4v) is 4.73. The maximum absolute atomic E-state index is 13.9. The van der Waals surface area contributed by atoms with Crippen LogP contribution in [0.1, 0.15) is 44.9 Å². The highest BCUT2D eigenvalue weighted by molar-refractivity contribution is 5.78. The average molecular weight is 516 g/mol. The number of carbonyl (C=O) groups excluding carboxylic acids is 1. The molecule has 0 bridgehead atoms. The third-order valence-electron chi connectivity index (χ3n) is 6.47. The highest BCUT2D eigenvalue weighted by atomic mass is 19.1. The summed E-state index contributed by atoms with van der Waals surface area (Å²) >= 11 is 0. The molecule has 0 aliphatic carbocycles. The fraction of sp³-hybridized carbons (Fsp3) is 0.310. The first-order valence-corrected chi connectivity index (χ1v) is 12.8. The summed E-state index contributed by atoms with van der Waals surface area (Å²) in [5, 5.41) is 13.3. The second-order valence-electron chi connectivity index (χ2n) is 9.73. The van der Waals surface area contributed by atoms with Gasteiger partial charge in [-0.2, -0.15) is 0 Å². The number of carbonyl (C=O) groups is 1. The van der Waals surface area contributed by atoms with E-state index in [4.69, 9.17) is 14.7 Å². The lowest BCUT2D eigenvalue weighted by Gasteiger charge is -2.26. The van der Waals surface area contributed by atoms with Crippen molar-refractivity contribution in [2.24, 2.45) is 0 Å². The van der Waals surface area contributed by atoms with Crippen LogP contribution in [0.2, 0.25) is 0 Å². The van der Waals surface area contributed by atoms with E-state index in [9.17, 15) is 14.3 Å². The third-order valence-corrected chi connectivity index (χ3v) is 6.47. The molecule has 196 valence electrons. The number of aromatic nitrogens is 4. The van der Waals surface area contributed by atoms with Gasteiger partial charge in [0.25, 0.3) is 0 Å². The lowest BCUT2D eigenvalue weighted by Crippen LogP contribution is -2.33. The van der Waals surface area contributed by atoms with E-state index < -0.39 is 6.10 Å². The monoisotopic (exact) mass is 515 g/mol. The molecule has 2 atom stereocenters. The van der Waals surface area contributed by atoms with Gasteiger partial charge in [0, 0.05) is 42.8 Å². The van der Waals surface area contributed by atoms with Crippen LogP contribution < -0.4 is 5.32 Å². The molecule has 4 aromatic rings. The molecule has 1 aliphatic rings. The summed E-state index contributed by atoms with van der Waals surface area (Å²) in [5.74, 6) is 0.624. The Morgan fingerprint density at radius 1 is 1.11 bits per heavy atom. The van der Waals surface area contributed by atoms with Gasteiger partial charge in [0.15, 0.2) is 0 Å². The van der Waals surface area contributed by atoms with Crippen molar-refractivity contribution in [3.05, 3.63) is 78.5 Å². The Bertz CT molecular complexity index is 1410. The summed E-state index contributed by atoms with van der Waals surface area (Å²) in [5.41, 5.74) is 3.72. The van der Waals surface area contributed by atoms with Gasteiger partial charge >= 0.3 is 5.97 Å². The summed E-state index contributed by atoms with van der Waals surface area (Å²) in [6.07, 6.45) is 1.53. The molecular formula is C29H30FN5O3. The molecule has 0 radical (unpaired) electrons. The first kappa shape index (κ1) is 25.5. The van der Waals surface area contributed by atoms with Crippen LogP contribution in [-0.4, -0.2) is 42.8 Å². The maximum atomic E-state index is 13.9. The van der Waals surface area contributed by atoms with Crippen LogP contribution in [0.3, 0.4) is 0 Å². The fourth-order valence-electron chi connectivity index (χ4n) is 4.73. The zero-order chi connectivity index (χ0) is 26.6. The normalized spacial score (nSPS) is 17.4. The van der Waals surface area contributed by atoms with Crippen LogP contribution in [0, 0.1) is 5.82 Å². The third kappa shape index (κ3) is 5.73. The van der Waals surface area contributed by atoms with Crippen LogP contribution in [0.5, 0.6) is 0 Å². The van der Waals surface area contributed by atoms with Gasteiger partial charge in [0.2, 0.25) is 5.95 Å². The van der Waals surface area contributed by atoms with Crippen molar-refractivity contribution in [3.8, 4) is 22.6 Å². The molecule has 2 N–H and O–H groups in total. The zero-order valence-corrected chi connectivity index (χ0v) is 21.3. The summed E-state index contributed by atoms with van der Waals surface area (Å²) in [4.78, 5) is 26.0. The number of rotatable bonds is 8. The lowest BCUT2D eigenvalue weighted by atomic mass is 10.0. The van der Waals surface area contributed by atoms with Gasteiger partial charge < -0.3 is 19.7 Å². The predicted molar refractivity (Wildman–Crippen MR) is 142 cm³/mol. The minimum atomic E-state index is -0.697. The maximum Gasteiger partial charge on any atom is 0.308 e. The number of aliphatic hydroxyl groups is 1. The van der Waals surface area contributed by atoms with Gasteiger partial charge in [-0.15, -0.1) is 0 Å². The van der Waals surface area contributed by atoms with Crippen LogP contribution in [0.4, 0.5) is 16.0 Å². The molecule has 1 saturated heterocycles. The topological polar surface area (TPSA) is 102 Å². The van der Waals surface area contributed by atoms with E-state index in [-0.39, 0.29) is 30.2 Å². The van der Waals surface area contributed by atoms with Crippen LogP contribution >= 0.6 is 0 Å². The number of nitrogens with one attached hydrogen (secondary N) is 1. The summed E-state index contributed by atoms with van der Waals surface area (Å²) < 4.78 is 21.4. The SMILES string of the molecule is CC(C)c1nc(-c2ccnc(Nc3ccccc3)n2)c(-c2ccc(F)cc2)n1CC[C@H]1C[C@@H](O)CC(=O)O1. The molecule has 2 aromatic heterocycles. The van der Waals surface area contributed by atoms with Gasteiger partial charge in [-0.05, 0) is 42.5 Å². The summed E-state index contributed by atoms with van der Waals surface area (Å²) in [6.45, 7) is 4.62. The number of hydrogen-bond acceptors (Lipinski definition) is 7. The quantitative estimate of drug-likeness (QED) is 0.300. The molecule has 38 heavy (non-hydrogen) atoms. The molecule has 1 fully saturated rings. The van der Waals surface area contributed by atoms with Crippen LogP contribution in [-0.2, 0) is 16.1 Å². The van der Waals surface area contributed by atoms with Gasteiger partial charge in [-0.3, -0.25) is 4.79 Å². The van der Waals surface area contributed by atoms with E-state index in [1.807, 2.05) is 30.3 Å². The Labute approximate surface area is 220 Å². The number of benzene rings is 2. The summed E-state index contributed by atoms with van der Waals surface area (Å²) in [6, 6.07) is 17.8. The van der Waals surface area contributed by atoms with Gasteiger partial charge in [-0.25, -0.2) is 19.3 Å². The van der Waals surface area contributed by atoms with Crippen molar-refractivity contribution in [3.63, 3.8) is 0 Å². The second kappa shape index (κ2) is 11.1. The Hall–Kier alpha value is -4.11.